The van der Waals surface area contributed by atoms with Crippen LogP contribution in [-0.4, -0.2) is 9.55 Å². The molecule has 0 atom stereocenters. The molecule has 0 N–H and O–H groups in total. The van der Waals surface area contributed by atoms with Crippen LogP contribution in [0.4, 0.5) is 0 Å². The fourth-order valence-electron chi connectivity index (χ4n) is 8.71. The largest absolute Gasteiger partial charge is 0.292 e. The summed E-state index contributed by atoms with van der Waals surface area (Å²) in [7, 11) is 0. The minimum atomic E-state index is 0.934. The summed E-state index contributed by atoms with van der Waals surface area (Å²) in [6.07, 6.45) is 0. The first kappa shape index (κ1) is 31.3. The number of imidazole rings is 1. The van der Waals surface area contributed by atoms with E-state index in [-0.39, 0.29) is 0 Å². The number of fused-ring (bicyclic) bond motifs is 6. The molecule has 0 saturated carbocycles. The van der Waals surface area contributed by atoms with Gasteiger partial charge < -0.3 is 0 Å². The molecule has 11 rings (SSSR count). The monoisotopic (exact) mass is 698 g/mol. The van der Waals surface area contributed by atoms with E-state index in [0.717, 1.165) is 28.1 Å². The van der Waals surface area contributed by atoms with Crippen LogP contribution in [0.25, 0.3) is 105 Å². The molecule has 2 heteroatoms. The fourth-order valence-corrected chi connectivity index (χ4v) is 8.71. The van der Waals surface area contributed by atoms with Gasteiger partial charge in [0.1, 0.15) is 5.82 Å². The molecular weight excluding hydrogens is 665 g/mol. The summed E-state index contributed by atoms with van der Waals surface area (Å²) in [5, 5.41) is 10.0. The molecule has 0 amide bonds. The van der Waals surface area contributed by atoms with Crippen LogP contribution in [0.15, 0.2) is 206 Å². The Labute approximate surface area is 319 Å². The van der Waals surface area contributed by atoms with Gasteiger partial charge in [-0.1, -0.05) is 170 Å². The van der Waals surface area contributed by atoms with Gasteiger partial charge in [0.25, 0.3) is 0 Å². The number of aromatic nitrogens is 2. The average molecular weight is 699 g/mol. The second-order valence-corrected chi connectivity index (χ2v) is 14.3. The van der Waals surface area contributed by atoms with Gasteiger partial charge in [-0.2, -0.15) is 0 Å². The van der Waals surface area contributed by atoms with E-state index in [0.29, 0.717) is 0 Å². The van der Waals surface area contributed by atoms with Crippen molar-refractivity contribution >= 4 is 54.1 Å². The van der Waals surface area contributed by atoms with Crippen LogP contribution < -0.4 is 0 Å². The molecule has 0 radical (unpaired) electrons. The Morgan fingerprint density at radius 1 is 0.327 bits per heavy atom. The maximum absolute atomic E-state index is 5.13. The molecule has 0 aliphatic carbocycles. The molecule has 0 fully saturated rings. The smallest absolute Gasteiger partial charge is 0.145 e. The second kappa shape index (κ2) is 12.7. The van der Waals surface area contributed by atoms with Gasteiger partial charge in [0.05, 0.1) is 11.0 Å². The molecule has 0 spiro atoms. The van der Waals surface area contributed by atoms with Crippen molar-refractivity contribution in [3.05, 3.63) is 206 Å². The zero-order chi connectivity index (χ0) is 36.3. The summed E-state index contributed by atoms with van der Waals surface area (Å²) in [5.41, 5.74) is 11.7. The number of benzene rings is 10. The maximum Gasteiger partial charge on any atom is 0.145 e. The molecule has 0 bridgehead atoms. The predicted molar refractivity (Wildman–Crippen MR) is 233 cm³/mol. The maximum atomic E-state index is 5.13. The highest BCUT2D eigenvalue weighted by molar-refractivity contribution is 6.23. The lowest BCUT2D eigenvalue weighted by Crippen LogP contribution is -1.97. The Kier molecular flexibility index (Phi) is 7.21. The van der Waals surface area contributed by atoms with Crippen molar-refractivity contribution in [2.45, 2.75) is 0 Å². The van der Waals surface area contributed by atoms with Crippen molar-refractivity contribution in [2.75, 3.05) is 0 Å². The Bertz CT molecular complexity index is 3170. The summed E-state index contributed by atoms with van der Waals surface area (Å²) < 4.78 is 2.26. The van der Waals surface area contributed by atoms with Gasteiger partial charge in [0.15, 0.2) is 0 Å². The van der Waals surface area contributed by atoms with Crippen molar-refractivity contribution in [1.29, 1.82) is 0 Å². The number of para-hydroxylation sites is 3. The normalized spacial score (nSPS) is 11.6. The van der Waals surface area contributed by atoms with Gasteiger partial charge in [0, 0.05) is 11.3 Å². The predicted octanol–water partition coefficient (Wildman–Crippen LogP) is 14.3. The molecule has 256 valence electrons. The third kappa shape index (κ3) is 5.07. The van der Waals surface area contributed by atoms with Gasteiger partial charge in [0.2, 0.25) is 0 Å². The van der Waals surface area contributed by atoms with E-state index in [1.807, 2.05) is 0 Å². The van der Waals surface area contributed by atoms with E-state index >= 15 is 0 Å². The molecular formula is C53H34N2. The van der Waals surface area contributed by atoms with Crippen LogP contribution in [0.5, 0.6) is 0 Å². The van der Waals surface area contributed by atoms with Crippen molar-refractivity contribution in [1.82, 2.24) is 9.55 Å². The zero-order valence-electron chi connectivity index (χ0n) is 30.0. The molecule has 0 aliphatic heterocycles. The van der Waals surface area contributed by atoms with Gasteiger partial charge in [-0.15, -0.1) is 0 Å². The lowest BCUT2D eigenvalue weighted by molar-refractivity contribution is 1.10. The molecule has 1 aromatic heterocycles. The summed E-state index contributed by atoms with van der Waals surface area (Å²) in [6.45, 7) is 0. The molecule has 1 heterocycles. The summed E-state index contributed by atoms with van der Waals surface area (Å²) in [4.78, 5) is 5.13. The standard InChI is InChI=1S/C53H34N2/c1-3-15-35(16-4-1)47-33-38-31-32-39(34-48(38)42-20-8-7-19-41(42)47)52-45-23-11-9-21-43(45)51(44-22-10-12-24-46(44)52)36-27-29-37(30-28-36)53-54-49-25-13-14-26-50(49)55(53)40-17-5-2-6-18-40/h1-34H. The third-order valence-corrected chi connectivity index (χ3v) is 11.2. The van der Waals surface area contributed by atoms with E-state index in [9.17, 15) is 0 Å². The topological polar surface area (TPSA) is 17.8 Å². The Balaban J connectivity index is 1.09. The van der Waals surface area contributed by atoms with E-state index < -0.39 is 0 Å². The van der Waals surface area contributed by atoms with Crippen LogP contribution in [0.2, 0.25) is 0 Å². The lowest BCUT2D eigenvalue weighted by Gasteiger charge is -2.19. The van der Waals surface area contributed by atoms with Gasteiger partial charge in [-0.25, -0.2) is 4.98 Å². The number of nitrogens with zero attached hydrogens (tertiary/aromatic N) is 2. The van der Waals surface area contributed by atoms with Crippen LogP contribution in [0.3, 0.4) is 0 Å². The molecule has 55 heavy (non-hydrogen) atoms. The van der Waals surface area contributed by atoms with E-state index in [1.165, 1.54) is 76.5 Å². The van der Waals surface area contributed by atoms with E-state index in [1.54, 1.807) is 0 Å². The van der Waals surface area contributed by atoms with Gasteiger partial charge in [-0.3, -0.25) is 4.57 Å². The molecule has 0 unspecified atom stereocenters. The van der Waals surface area contributed by atoms with E-state index in [4.69, 9.17) is 4.98 Å². The van der Waals surface area contributed by atoms with Crippen LogP contribution in [0, 0.1) is 0 Å². The summed E-state index contributed by atoms with van der Waals surface area (Å²) >= 11 is 0. The summed E-state index contributed by atoms with van der Waals surface area (Å²) in [5.74, 6) is 0.934. The highest BCUT2D eigenvalue weighted by Gasteiger charge is 2.19. The van der Waals surface area contributed by atoms with Gasteiger partial charge in [-0.05, 0) is 113 Å². The first-order valence-electron chi connectivity index (χ1n) is 18.9. The first-order chi connectivity index (χ1) is 27.3. The highest BCUT2D eigenvalue weighted by atomic mass is 15.1. The second-order valence-electron chi connectivity index (χ2n) is 14.3. The Hall–Kier alpha value is -7.29. The minimum Gasteiger partial charge on any atom is -0.292 e. The van der Waals surface area contributed by atoms with Crippen LogP contribution >= 0.6 is 0 Å². The van der Waals surface area contributed by atoms with Gasteiger partial charge >= 0.3 is 0 Å². The van der Waals surface area contributed by atoms with Crippen molar-refractivity contribution < 1.29 is 0 Å². The number of hydrogen-bond donors (Lipinski definition) is 0. The number of hydrogen-bond acceptors (Lipinski definition) is 1. The fraction of sp³-hybridized carbons (Fsp3) is 0. The highest BCUT2D eigenvalue weighted by Crippen LogP contribution is 2.45. The summed E-state index contributed by atoms with van der Waals surface area (Å²) in [6, 6.07) is 74.6. The number of rotatable bonds is 5. The first-order valence-corrected chi connectivity index (χ1v) is 18.9. The van der Waals surface area contributed by atoms with Crippen LogP contribution in [-0.2, 0) is 0 Å². The zero-order valence-corrected chi connectivity index (χ0v) is 30.0. The average Bonchev–Trinajstić information content (AvgIpc) is 3.65. The van der Waals surface area contributed by atoms with Crippen molar-refractivity contribution in [3.63, 3.8) is 0 Å². The molecule has 11 aromatic rings. The molecule has 2 nitrogen and oxygen atoms in total. The van der Waals surface area contributed by atoms with Crippen LogP contribution in [0.1, 0.15) is 0 Å². The van der Waals surface area contributed by atoms with Crippen molar-refractivity contribution in [2.24, 2.45) is 0 Å². The quantitative estimate of drug-likeness (QED) is 0.129. The minimum absolute atomic E-state index is 0.934. The Morgan fingerprint density at radius 3 is 1.51 bits per heavy atom. The van der Waals surface area contributed by atoms with E-state index in [2.05, 4.69) is 211 Å². The third-order valence-electron chi connectivity index (χ3n) is 11.2. The SMILES string of the molecule is c1ccc(-c2cc3ccc(-c4c5ccccc5c(-c5ccc(-c6nc7ccccc7n6-c6ccccc6)cc5)c5ccccc45)cc3c3ccccc23)cc1. The molecule has 10 aromatic carbocycles. The Morgan fingerprint density at radius 2 is 0.836 bits per heavy atom. The molecule has 0 aliphatic rings. The lowest BCUT2D eigenvalue weighted by atomic mass is 9.85. The molecule has 0 saturated heterocycles. The van der Waals surface area contributed by atoms with Crippen molar-refractivity contribution in [3.8, 4) is 50.5 Å².